The second-order valence-electron chi connectivity index (χ2n) is 2.38. The van der Waals surface area contributed by atoms with E-state index in [9.17, 15) is 20.2 Å². The maximum Gasteiger partial charge on any atom is 0.346 e. The Hall–Kier alpha value is -1.45. The third-order valence-corrected chi connectivity index (χ3v) is 1.28. The highest BCUT2D eigenvalue weighted by molar-refractivity contribution is 8.31. The Morgan fingerprint density at radius 1 is 0.941 bits per heavy atom. The molecule has 0 aliphatic heterocycles. The van der Waals surface area contributed by atoms with Crippen LogP contribution < -0.4 is 0 Å². The van der Waals surface area contributed by atoms with Crippen molar-refractivity contribution in [1.29, 1.82) is 0 Å². The van der Waals surface area contributed by atoms with Crippen molar-refractivity contribution in [3.8, 4) is 0 Å². The number of benzene rings is 1. The van der Waals surface area contributed by atoms with Crippen molar-refractivity contribution in [3.05, 3.63) is 44.5 Å². The number of hydrogen-bond acceptors (Lipinski definition) is 6. The predicted molar refractivity (Wildman–Crippen MR) is 60.4 cm³/mol. The summed E-state index contributed by atoms with van der Waals surface area (Å²) in [5.74, 6) is 0. The van der Waals surface area contributed by atoms with Crippen LogP contribution in [0.5, 0.6) is 0 Å². The number of nitrogens with zero attached hydrogens (tertiary/aromatic N) is 2. The number of rotatable bonds is 2. The number of halogens is 2. The van der Waals surface area contributed by atoms with Crippen LogP contribution in [0, 0.1) is 20.2 Å². The minimum absolute atomic E-state index is 0.484. The van der Waals surface area contributed by atoms with E-state index in [0.717, 1.165) is 12.1 Å². The Bertz CT molecular complexity index is 490. The van der Waals surface area contributed by atoms with Crippen molar-refractivity contribution < 1.29 is 18.3 Å². The summed E-state index contributed by atoms with van der Waals surface area (Å²) in [5, 5.41) is 20.5. The van der Waals surface area contributed by atoms with Crippen LogP contribution in [0.4, 0.5) is 11.4 Å². The summed E-state index contributed by atoms with van der Waals surface area (Å²) >= 11 is 0. The zero-order valence-electron chi connectivity index (χ0n) is 7.82. The quantitative estimate of drug-likeness (QED) is 0.469. The number of nitro benzene ring substituents is 2. The first-order valence-electron chi connectivity index (χ1n) is 3.65. The molecule has 0 N–H and O–H groups in total. The minimum Gasteiger partial charge on any atom is -0.258 e. The second-order valence-corrected chi connectivity index (χ2v) is 6.05. The van der Waals surface area contributed by atoms with Crippen LogP contribution in [0.15, 0.2) is 24.3 Å². The van der Waals surface area contributed by atoms with Gasteiger partial charge in [-0.15, -0.1) is 0 Å². The van der Waals surface area contributed by atoms with Crippen LogP contribution in [0.25, 0.3) is 0 Å². The van der Waals surface area contributed by atoms with Crippen LogP contribution in [0.3, 0.4) is 0 Å². The van der Waals surface area contributed by atoms with Crippen molar-refractivity contribution in [2.45, 2.75) is 0 Å². The summed E-state index contributed by atoms with van der Waals surface area (Å²) in [6.45, 7) is 0. The molecule has 0 amide bonds. The number of nitro groups is 2. The van der Waals surface area contributed by atoms with Crippen molar-refractivity contribution in [2.75, 3.05) is 0 Å². The molecule has 0 aliphatic rings. The lowest BCUT2D eigenvalue weighted by Gasteiger charge is -1.91. The van der Waals surface area contributed by atoms with E-state index in [1.54, 1.807) is 0 Å². The van der Waals surface area contributed by atoms with Crippen molar-refractivity contribution >= 4 is 41.0 Å². The Kier molecular flexibility index (Phi) is 5.79. The summed E-state index contributed by atoms with van der Waals surface area (Å²) in [6.07, 6.45) is 0. The average molecular weight is 303 g/mol. The van der Waals surface area contributed by atoms with Gasteiger partial charge in [0.25, 0.3) is 0 Å². The molecule has 0 radical (unpaired) electrons. The van der Waals surface area contributed by atoms with Gasteiger partial charge in [0.1, 0.15) is 0 Å². The zero-order valence-corrected chi connectivity index (χ0v) is 10.1. The van der Waals surface area contributed by atoms with Crippen molar-refractivity contribution in [1.82, 2.24) is 0 Å². The molecule has 0 unspecified atom stereocenters. The molecule has 0 fully saturated rings. The molecule has 17 heavy (non-hydrogen) atoms. The second kappa shape index (κ2) is 6.33. The van der Waals surface area contributed by atoms with E-state index >= 15 is 0 Å². The third kappa shape index (κ3) is 7.44. The number of hydrogen-bond donors (Lipinski definition) is 0. The number of para-hydroxylation sites is 2. The Morgan fingerprint density at radius 2 is 1.18 bits per heavy atom. The van der Waals surface area contributed by atoms with Gasteiger partial charge in [0.2, 0.25) is 0 Å². The first-order valence-corrected chi connectivity index (χ1v) is 6.78. The van der Waals surface area contributed by atoms with E-state index in [1.165, 1.54) is 12.1 Å². The Morgan fingerprint density at radius 3 is 1.35 bits per heavy atom. The summed E-state index contributed by atoms with van der Waals surface area (Å²) in [7, 11) is 4.81. The van der Waals surface area contributed by atoms with Gasteiger partial charge in [0, 0.05) is 33.5 Å². The molecule has 11 heteroatoms. The molecule has 1 rings (SSSR count). The van der Waals surface area contributed by atoms with Crippen LogP contribution in [-0.4, -0.2) is 18.3 Å². The van der Waals surface area contributed by atoms with Gasteiger partial charge >= 0.3 is 19.6 Å². The maximum absolute atomic E-state index is 10.2. The molecule has 0 heterocycles. The highest BCUT2D eigenvalue weighted by Crippen LogP contribution is 2.24. The standard InChI is InChI=1S/C6H4N2O4.Cl2O2S/c9-7(10)5-3-1-2-4-6(5)8(11)12;1-5(2,3)4/h1-4H;. The SMILES string of the molecule is O=S(=O)(Cl)Cl.O=[N+]([O-])c1ccccc1[N+](=O)[O-]. The van der Waals surface area contributed by atoms with E-state index in [1.807, 2.05) is 0 Å². The maximum atomic E-state index is 10.2. The van der Waals surface area contributed by atoms with E-state index in [2.05, 4.69) is 21.4 Å². The van der Waals surface area contributed by atoms with Crippen LogP contribution in [0.2, 0.25) is 0 Å². The summed E-state index contributed by atoms with van der Waals surface area (Å²) in [5.41, 5.74) is -0.968. The fourth-order valence-corrected chi connectivity index (χ4v) is 0.773. The molecule has 1 aromatic carbocycles. The lowest BCUT2D eigenvalue weighted by molar-refractivity contribution is -0.422. The smallest absolute Gasteiger partial charge is 0.258 e. The van der Waals surface area contributed by atoms with Gasteiger partial charge in [-0.1, -0.05) is 12.1 Å². The van der Waals surface area contributed by atoms with Gasteiger partial charge < -0.3 is 0 Å². The molecule has 0 saturated heterocycles. The molecular weight excluding hydrogens is 299 g/mol. The van der Waals surface area contributed by atoms with Crippen molar-refractivity contribution in [2.24, 2.45) is 0 Å². The molecule has 0 aliphatic carbocycles. The largest absolute Gasteiger partial charge is 0.346 e. The van der Waals surface area contributed by atoms with Gasteiger partial charge in [0.15, 0.2) is 0 Å². The Labute approximate surface area is 104 Å². The first-order chi connectivity index (χ1) is 7.63. The summed E-state index contributed by atoms with van der Waals surface area (Å²) in [4.78, 5) is 18.9. The normalized spacial score (nSPS) is 10.0. The van der Waals surface area contributed by atoms with Gasteiger partial charge in [-0.05, 0) is 0 Å². The molecule has 0 spiro atoms. The van der Waals surface area contributed by atoms with E-state index < -0.39 is 29.5 Å². The van der Waals surface area contributed by atoms with Crippen LogP contribution >= 0.6 is 21.4 Å². The van der Waals surface area contributed by atoms with Gasteiger partial charge in [0.05, 0.1) is 9.85 Å². The molecule has 0 saturated carbocycles. The summed E-state index contributed by atoms with van der Waals surface area (Å²) in [6, 6.07) is 4.95. The third-order valence-electron chi connectivity index (χ3n) is 1.28. The predicted octanol–water partition coefficient (Wildman–Crippen LogP) is 2.21. The van der Waals surface area contributed by atoms with Gasteiger partial charge in [-0.3, -0.25) is 20.2 Å². The highest BCUT2D eigenvalue weighted by atomic mass is 36.0. The Balaban J connectivity index is 0.000000437. The van der Waals surface area contributed by atoms with Crippen LogP contribution in [-0.2, 0) is 8.26 Å². The molecular formula is C6H4Cl2N2O6S. The molecule has 0 bridgehead atoms. The molecule has 8 nitrogen and oxygen atoms in total. The zero-order chi connectivity index (χ0) is 13.6. The fraction of sp³-hybridized carbons (Fsp3) is 0. The highest BCUT2D eigenvalue weighted by Gasteiger charge is 2.21. The molecule has 1 aromatic rings. The topological polar surface area (TPSA) is 120 Å². The van der Waals surface area contributed by atoms with E-state index in [4.69, 9.17) is 8.42 Å². The fourth-order valence-electron chi connectivity index (χ4n) is 0.773. The van der Waals surface area contributed by atoms with Gasteiger partial charge in [-0.25, -0.2) is 0 Å². The first kappa shape index (κ1) is 15.6. The van der Waals surface area contributed by atoms with Crippen molar-refractivity contribution in [3.63, 3.8) is 0 Å². The molecule has 0 aromatic heterocycles. The lowest BCUT2D eigenvalue weighted by Crippen LogP contribution is -1.95. The van der Waals surface area contributed by atoms with Gasteiger partial charge in [-0.2, -0.15) is 8.42 Å². The minimum atomic E-state index is -3.72. The van der Waals surface area contributed by atoms with Crippen LogP contribution in [0.1, 0.15) is 0 Å². The monoisotopic (exact) mass is 302 g/mol. The average Bonchev–Trinajstić information content (AvgIpc) is 2.15. The molecule has 94 valence electrons. The van der Waals surface area contributed by atoms with E-state index in [0.29, 0.717) is 0 Å². The van der Waals surface area contributed by atoms with E-state index in [-0.39, 0.29) is 0 Å². The molecule has 0 atom stereocenters. The summed E-state index contributed by atoms with van der Waals surface area (Å²) < 4.78 is 18.3. The lowest BCUT2D eigenvalue weighted by atomic mass is 10.3.